The second-order valence-corrected chi connectivity index (χ2v) is 11.1. The first-order valence-corrected chi connectivity index (χ1v) is 12.9. The third-order valence-electron chi connectivity index (χ3n) is 8.91. The van der Waals surface area contributed by atoms with Crippen LogP contribution >= 0.6 is 11.6 Å². The van der Waals surface area contributed by atoms with Crippen LogP contribution in [0.5, 0.6) is 5.75 Å². The van der Waals surface area contributed by atoms with Crippen molar-refractivity contribution in [3.05, 3.63) is 45.8 Å². The van der Waals surface area contributed by atoms with Crippen LogP contribution in [0, 0.1) is 23.7 Å². The van der Waals surface area contributed by atoms with E-state index in [4.69, 9.17) is 16.3 Å². The van der Waals surface area contributed by atoms with Crippen LogP contribution in [0.15, 0.2) is 35.3 Å². The summed E-state index contributed by atoms with van der Waals surface area (Å²) in [5, 5.41) is 14.9. The fraction of sp³-hybridized carbons (Fsp3) is 0.577. The van der Waals surface area contributed by atoms with Crippen molar-refractivity contribution >= 4 is 28.9 Å². The van der Waals surface area contributed by atoms with Crippen molar-refractivity contribution in [2.75, 3.05) is 43.1 Å². The van der Waals surface area contributed by atoms with Gasteiger partial charge >= 0.3 is 5.97 Å². The van der Waals surface area contributed by atoms with Crippen LogP contribution in [0.4, 0.5) is 11.4 Å². The van der Waals surface area contributed by atoms with Gasteiger partial charge in [-0.25, -0.2) is 4.68 Å². The first kappa shape index (κ1) is 22.7. The highest BCUT2D eigenvalue weighted by Crippen LogP contribution is 2.61. The van der Waals surface area contributed by atoms with Crippen LogP contribution in [-0.2, 0) is 10.3 Å². The lowest BCUT2D eigenvalue weighted by Gasteiger charge is -2.59. The number of hydrogen-bond donors (Lipinski definition) is 1. The second kappa shape index (κ2) is 8.43. The predicted octanol–water partition coefficient (Wildman–Crippen LogP) is 3.47. The molecule has 4 saturated carbocycles. The number of carbonyl (C=O) groups is 1. The summed E-state index contributed by atoms with van der Waals surface area (Å²) >= 11 is 6.70. The molecule has 0 radical (unpaired) electrons. The summed E-state index contributed by atoms with van der Waals surface area (Å²) in [5.41, 5.74) is 0.562. The Labute approximate surface area is 209 Å². The minimum atomic E-state index is -0.810. The average molecular weight is 499 g/mol. The molecule has 35 heavy (non-hydrogen) atoms. The number of methoxy groups -OCH3 is 1. The number of carboxylic acid groups (broad SMARTS) is 1. The lowest BCUT2D eigenvalue weighted by Crippen LogP contribution is -2.63. The van der Waals surface area contributed by atoms with Crippen molar-refractivity contribution in [1.29, 1.82) is 0 Å². The molecule has 1 N–H and O–H groups in total. The van der Waals surface area contributed by atoms with E-state index in [1.165, 1.54) is 4.68 Å². The van der Waals surface area contributed by atoms with Gasteiger partial charge < -0.3 is 19.6 Å². The minimum absolute atomic E-state index is 0.119. The molecule has 1 aromatic carbocycles. The van der Waals surface area contributed by atoms with Crippen LogP contribution in [0.1, 0.15) is 32.1 Å². The highest BCUT2D eigenvalue weighted by Gasteiger charge is 2.61. The van der Waals surface area contributed by atoms with Gasteiger partial charge in [0.05, 0.1) is 36.1 Å². The van der Waals surface area contributed by atoms with Crippen molar-refractivity contribution in [2.24, 2.45) is 23.7 Å². The Bertz CT molecular complexity index is 1190. The SMILES string of the molecule is COc1ccccc1N1CCN(c2cnn(C34CC5CC(CC(C5)C3C(=O)O)C4)c(=O)c2Cl)CC1. The van der Waals surface area contributed by atoms with Gasteiger partial charge in [0.15, 0.2) is 0 Å². The Morgan fingerprint density at radius 1 is 1.06 bits per heavy atom. The smallest absolute Gasteiger partial charge is 0.309 e. The van der Waals surface area contributed by atoms with Gasteiger partial charge in [0.2, 0.25) is 0 Å². The maximum absolute atomic E-state index is 13.6. The van der Waals surface area contributed by atoms with Gasteiger partial charge in [-0.3, -0.25) is 9.59 Å². The number of nitrogens with zero attached hydrogens (tertiary/aromatic N) is 4. The quantitative estimate of drug-likeness (QED) is 0.675. The Kier molecular flexibility index (Phi) is 5.47. The molecule has 7 rings (SSSR count). The fourth-order valence-corrected chi connectivity index (χ4v) is 8.02. The molecule has 0 spiro atoms. The number of benzene rings is 1. The molecule has 2 heterocycles. The van der Waals surface area contributed by atoms with E-state index in [2.05, 4.69) is 21.0 Å². The molecular formula is C26H31ClN4O4. The van der Waals surface area contributed by atoms with E-state index in [1.54, 1.807) is 13.3 Å². The van der Waals surface area contributed by atoms with E-state index in [0.717, 1.165) is 43.8 Å². The zero-order chi connectivity index (χ0) is 24.3. The maximum atomic E-state index is 13.6. The topological polar surface area (TPSA) is 87.9 Å². The van der Waals surface area contributed by atoms with Crippen LogP contribution in [0.2, 0.25) is 5.02 Å². The lowest BCUT2D eigenvalue weighted by molar-refractivity contribution is -0.168. The lowest BCUT2D eigenvalue weighted by atomic mass is 9.48. The summed E-state index contributed by atoms with van der Waals surface area (Å²) in [7, 11) is 1.67. The Morgan fingerprint density at radius 2 is 1.69 bits per heavy atom. The van der Waals surface area contributed by atoms with E-state index < -0.39 is 17.4 Å². The summed E-state index contributed by atoms with van der Waals surface area (Å²) in [6, 6.07) is 7.96. The molecule has 8 nitrogen and oxygen atoms in total. The van der Waals surface area contributed by atoms with E-state index >= 15 is 0 Å². The van der Waals surface area contributed by atoms with E-state index in [-0.39, 0.29) is 16.5 Å². The zero-order valence-electron chi connectivity index (χ0n) is 19.9. The van der Waals surface area contributed by atoms with Crippen molar-refractivity contribution in [2.45, 2.75) is 37.6 Å². The van der Waals surface area contributed by atoms with E-state index in [1.807, 2.05) is 18.2 Å². The molecule has 1 aromatic heterocycles. The fourth-order valence-electron chi connectivity index (χ4n) is 7.77. The third kappa shape index (κ3) is 3.51. The van der Waals surface area contributed by atoms with E-state index in [9.17, 15) is 14.7 Å². The molecule has 2 aromatic rings. The summed E-state index contributed by atoms with van der Waals surface area (Å²) in [4.78, 5) is 30.3. The molecule has 3 unspecified atom stereocenters. The molecule has 5 aliphatic rings. The van der Waals surface area contributed by atoms with Crippen LogP contribution in [0.3, 0.4) is 0 Å². The molecule has 4 bridgehead atoms. The number of hydrogen-bond acceptors (Lipinski definition) is 6. The van der Waals surface area contributed by atoms with Crippen LogP contribution < -0.4 is 20.1 Å². The predicted molar refractivity (Wildman–Crippen MR) is 134 cm³/mol. The van der Waals surface area contributed by atoms with Crippen molar-refractivity contribution in [3.8, 4) is 5.75 Å². The van der Waals surface area contributed by atoms with Crippen LogP contribution in [0.25, 0.3) is 0 Å². The van der Waals surface area contributed by atoms with Gasteiger partial charge in [0, 0.05) is 26.2 Å². The summed E-state index contributed by atoms with van der Waals surface area (Å²) < 4.78 is 6.98. The maximum Gasteiger partial charge on any atom is 0.309 e. The third-order valence-corrected chi connectivity index (χ3v) is 9.26. The zero-order valence-corrected chi connectivity index (χ0v) is 20.7. The number of piperazine rings is 1. The molecule has 4 aliphatic carbocycles. The largest absolute Gasteiger partial charge is 0.495 e. The van der Waals surface area contributed by atoms with Crippen molar-refractivity contribution < 1.29 is 14.6 Å². The molecule has 1 aliphatic heterocycles. The van der Waals surface area contributed by atoms with Gasteiger partial charge in [0.25, 0.3) is 5.56 Å². The monoisotopic (exact) mass is 498 g/mol. The molecule has 9 heteroatoms. The van der Waals surface area contributed by atoms with Gasteiger partial charge in [0.1, 0.15) is 10.8 Å². The van der Waals surface area contributed by atoms with Gasteiger partial charge in [-0.2, -0.15) is 5.10 Å². The van der Waals surface area contributed by atoms with Crippen LogP contribution in [-0.4, -0.2) is 54.1 Å². The number of aromatic nitrogens is 2. The molecule has 1 saturated heterocycles. The first-order valence-electron chi connectivity index (χ1n) is 12.6. The van der Waals surface area contributed by atoms with E-state index in [0.29, 0.717) is 43.5 Å². The Morgan fingerprint density at radius 3 is 2.31 bits per heavy atom. The second-order valence-electron chi connectivity index (χ2n) is 10.7. The molecule has 5 fully saturated rings. The number of anilines is 2. The first-order chi connectivity index (χ1) is 16.9. The summed E-state index contributed by atoms with van der Waals surface area (Å²) in [5.74, 6) is 0.513. The van der Waals surface area contributed by atoms with Gasteiger partial charge in [-0.1, -0.05) is 23.7 Å². The van der Waals surface area contributed by atoms with Gasteiger partial charge in [-0.05, 0) is 62.0 Å². The molecule has 186 valence electrons. The van der Waals surface area contributed by atoms with Crippen molar-refractivity contribution in [3.63, 3.8) is 0 Å². The highest BCUT2D eigenvalue weighted by molar-refractivity contribution is 6.33. The number of aliphatic carboxylic acids is 1. The normalized spacial score (nSPS) is 31.6. The van der Waals surface area contributed by atoms with Gasteiger partial charge in [-0.15, -0.1) is 0 Å². The number of carboxylic acids is 1. The molecular weight excluding hydrogens is 468 g/mol. The average Bonchev–Trinajstić information content (AvgIpc) is 2.85. The highest BCUT2D eigenvalue weighted by atomic mass is 35.5. The minimum Gasteiger partial charge on any atom is -0.495 e. The Balaban J connectivity index is 1.28. The number of halogens is 1. The standard InChI is InChI=1S/C26H31ClN4O4/c1-35-21-5-3-2-4-19(21)29-6-8-30(9-7-29)20-15-28-31(24(32)23(20)27)26-13-16-10-17(14-26)12-18(11-16)22(26)25(33)34/h2-5,15-18,22H,6-14H2,1H3,(H,33,34). The Hall–Kier alpha value is -2.74. The summed E-state index contributed by atoms with van der Waals surface area (Å²) in [6.07, 6.45) is 6.13. The molecule has 0 amide bonds. The number of para-hydroxylation sites is 2. The number of rotatable bonds is 5. The van der Waals surface area contributed by atoms with Crippen molar-refractivity contribution in [1.82, 2.24) is 9.78 Å². The summed E-state index contributed by atoms with van der Waals surface area (Å²) in [6.45, 7) is 2.90. The number of ether oxygens (including phenoxy) is 1. The molecule has 3 atom stereocenters.